The Morgan fingerprint density at radius 1 is 1.36 bits per heavy atom. The highest BCUT2D eigenvalue weighted by Crippen LogP contribution is 2.25. The third kappa shape index (κ3) is 4.68. The molecule has 1 unspecified atom stereocenters. The molecule has 2 aliphatic heterocycles. The summed E-state index contributed by atoms with van der Waals surface area (Å²) in [6.45, 7) is 6.18. The number of fused-ring (bicyclic) bond motifs is 1. The summed E-state index contributed by atoms with van der Waals surface area (Å²) >= 11 is 6.28. The molecule has 0 aliphatic carbocycles. The minimum Gasteiger partial charge on any atom is -0.357 e. The van der Waals surface area contributed by atoms with E-state index in [1.54, 1.807) is 6.20 Å². The van der Waals surface area contributed by atoms with Crippen molar-refractivity contribution in [3.63, 3.8) is 0 Å². The van der Waals surface area contributed by atoms with Crippen LogP contribution in [0.5, 0.6) is 0 Å². The van der Waals surface area contributed by atoms with Gasteiger partial charge in [0.1, 0.15) is 18.2 Å². The Bertz CT molecular complexity index is 824. The van der Waals surface area contributed by atoms with Crippen LogP contribution in [0.4, 0.5) is 5.82 Å². The summed E-state index contributed by atoms with van der Waals surface area (Å²) in [5, 5.41) is 16.1. The molecule has 1 atom stereocenters. The molecule has 4 heterocycles. The second-order valence-corrected chi connectivity index (χ2v) is 7.27. The summed E-state index contributed by atoms with van der Waals surface area (Å²) in [6, 6.07) is 4.03. The van der Waals surface area contributed by atoms with E-state index >= 15 is 0 Å². The smallest absolute Gasteiger partial charge is 0.191 e. The second-order valence-electron chi connectivity index (χ2n) is 6.87. The van der Waals surface area contributed by atoms with E-state index in [2.05, 4.69) is 42.2 Å². The highest BCUT2D eigenvalue weighted by atomic mass is 127. The number of nitrogens with one attached hydrogen (secondary N) is 2. The first-order valence-corrected chi connectivity index (χ1v) is 9.93. The highest BCUT2D eigenvalue weighted by Gasteiger charge is 2.25. The van der Waals surface area contributed by atoms with Gasteiger partial charge in [-0.1, -0.05) is 11.6 Å². The minimum absolute atomic E-state index is 0. The quantitative estimate of drug-likeness (QED) is 0.360. The van der Waals surface area contributed by atoms with Crippen LogP contribution in [0, 0.1) is 0 Å². The Hall–Kier alpha value is -1.62. The molecular formula is C18H26ClIN8. The van der Waals surface area contributed by atoms with Gasteiger partial charge in [0.2, 0.25) is 0 Å². The van der Waals surface area contributed by atoms with Crippen molar-refractivity contribution in [1.82, 2.24) is 30.4 Å². The number of aliphatic imine (C=N–C) groups is 1. The summed E-state index contributed by atoms with van der Waals surface area (Å²) in [5.74, 6) is 3.68. The van der Waals surface area contributed by atoms with E-state index in [-0.39, 0.29) is 24.0 Å². The Kier molecular flexibility index (Phi) is 7.33. The van der Waals surface area contributed by atoms with Gasteiger partial charge in [-0.15, -0.1) is 34.2 Å². The standard InChI is InChI=1S/C18H25ClN8.HI/c1-2-20-18(22-11-16-25-24-15-6-4-9-27(15)16)23-13-7-10-26(12-13)17-14(19)5-3-8-21-17;/h3,5,8,13H,2,4,6-7,9-12H2,1H3,(H2,20,22,23);1H. The summed E-state index contributed by atoms with van der Waals surface area (Å²) in [6.07, 6.45) is 4.96. The zero-order valence-electron chi connectivity index (χ0n) is 15.9. The van der Waals surface area contributed by atoms with Gasteiger partial charge >= 0.3 is 0 Å². The maximum atomic E-state index is 6.28. The van der Waals surface area contributed by atoms with Crippen LogP contribution in [0.1, 0.15) is 31.4 Å². The van der Waals surface area contributed by atoms with Gasteiger partial charge in [0.25, 0.3) is 0 Å². The molecule has 0 bridgehead atoms. The third-order valence-corrected chi connectivity index (χ3v) is 5.27. The molecule has 2 aromatic rings. The predicted molar refractivity (Wildman–Crippen MR) is 122 cm³/mol. The lowest BCUT2D eigenvalue weighted by Gasteiger charge is -2.20. The van der Waals surface area contributed by atoms with Crippen molar-refractivity contribution in [2.24, 2.45) is 4.99 Å². The molecule has 0 radical (unpaired) electrons. The molecule has 4 rings (SSSR count). The number of halogens is 2. The summed E-state index contributed by atoms with van der Waals surface area (Å²) in [5.41, 5.74) is 0. The number of hydrogen-bond donors (Lipinski definition) is 2. The topological polar surface area (TPSA) is 83.3 Å². The van der Waals surface area contributed by atoms with Crippen molar-refractivity contribution >= 4 is 47.4 Å². The Labute approximate surface area is 187 Å². The summed E-state index contributed by atoms with van der Waals surface area (Å²) in [4.78, 5) is 11.4. The van der Waals surface area contributed by atoms with Crippen molar-refractivity contribution in [1.29, 1.82) is 0 Å². The van der Waals surface area contributed by atoms with Crippen LogP contribution in [0.2, 0.25) is 5.02 Å². The molecule has 0 aromatic carbocycles. The average Bonchev–Trinajstić information content (AvgIpc) is 3.38. The first-order valence-electron chi connectivity index (χ1n) is 9.56. The number of guanidine groups is 1. The van der Waals surface area contributed by atoms with Gasteiger partial charge in [0.15, 0.2) is 11.8 Å². The maximum absolute atomic E-state index is 6.28. The third-order valence-electron chi connectivity index (χ3n) is 4.98. The van der Waals surface area contributed by atoms with E-state index in [0.717, 1.165) is 68.9 Å². The number of anilines is 1. The van der Waals surface area contributed by atoms with Crippen molar-refractivity contribution in [2.75, 3.05) is 24.5 Å². The number of rotatable bonds is 5. The van der Waals surface area contributed by atoms with Gasteiger partial charge in [-0.2, -0.15) is 0 Å². The predicted octanol–water partition coefficient (Wildman–Crippen LogP) is 2.22. The van der Waals surface area contributed by atoms with E-state index in [1.807, 2.05) is 12.1 Å². The Morgan fingerprint density at radius 2 is 2.25 bits per heavy atom. The first kappa shape index (κ1) is 21.1. The number of nitrogens with zero attached hydrogens (tertiary/aromatic N) is 6. The van der Waals surface area contributed by atoms with Crippen molar-refractivity contribution in [2.45, 2.75) is 45.3 Å². The Balaban J connectivity index is 0.00000225. The molecule has 2 aromatic heterocycles. The van der Waals surface area contributed by atoms with Crippen LogP contribution in [0.15, 0.2) is 23.3 Å². The number of aryl methyl sites for hydroxylation is 1. The summed E-state index contributed by atoms with van der Waals surface area (Å²) < 4.78 is 2.19. The average molecular weight is 517 g/mol. The normalized spacial score (nSPS) is 18.7. The van der Waals surface area contributed by atoms with Crippen molar-refractivity contribution in [3.05, 3.63) is 35.0 Å². The lowest BCUT2D eigenvalue weighted by molar-refractivity contribution is 0.642. The molecule has 2 N–H and O–H groups in total. The van der Waals surface area contributed by atoms with Crippen LogP contribution in [0.3, 0.4) is 0 Å². The molecule has 0 spiro atoms. The minimum atomic E-state index is 0. The fourth-order valence-electron chi connectivity index (χ4n) is 3.67. The maximum Gasteiger partial charge on any atom is 0.191 e. The van der Waals surface area contributed by atoms with Gasteiger partial charge in [0.05, 0.1) is 5.02 Å². The van der Waals surface area contributed by atoms with E-state index < -0.39 is 0 Å². The van der Waals surface area contributed by atoms with E-state index in [9.17, 15) is 0 Å². The molecule has 0 saturated carbocycles. The van der Waals surface area contributed by atoms with E-state index in [4.69, 9.17) is 16.6 Å². The van der Waals surface area contributed by atoms with E-state index in [1.165, 1.54) is 0 Å². The number of hydrogen-bond acceptors (Lipinski definition) is 5. The van der Waals surface area contributed by atoms with Crippen LogP contribution < -0.4 is 15.5 Å². The van der Waals surface area contributed by atoms with Crippen molar-refractivity contribution < 1.29 is 0 Å². The lowest BCUT2D eigenvalue weighted by Crippen LogP contribution is -2.44. The van der Waals surface area contributed by atoms with Crippen LogP contribution in [-0.2, 0) is 19.5 Å². The van der Waals surface area contributed by atoms with Gasteiger partial charge in [-0.05, 0) is 31.9 Å². The zero-order valence-corrected chi connectivity index (χ0v) is 19.0. The molecule has 152 valence electrons. The Morgan fingerprint density at radius 3 is 3.07 bits per heavy atom. The fourth-order valence-corrected chi connectivity index (χ4v) is 3.91. The molecule has 1 fully saturated rings. The van der Waals surface area contributed by atoms with Gasteiger partial charge in [-0.3, -0.25) is 0 Å². The monoisotopic (exact) mass is 516 g/mol. The highest BCUT2D eigenvalue weighted by molar-refractivity contribution is 14.0. The molecule has 2 aliphatic rings. The van der Waals surface area contributed by atoms with Gasteiger partial charge in [-0.25, -0.2) is 9.98 Å². The molecule has 28 heavy (non-hydrogen) atoms. The molecule has 8 nitrogen and oxygen atoms in total. The number of aromatic nitrogens is 4. The van der Waals surface area contributed by atoms with E-state index in [0.29, 0.717) is 17.6 Å². The zero-order chi connectivity index (χ0) is 18.6. The lowest BCUT2D eigenvalue weighted by atomic mass is 10.3. The molecule has 10 heteroatoms. The summed E-state index contributed by atoms with van der Waals surface area (Å²) in [7, 11) is 0. The number of pyridine rings is 1. The van der Waals surface area contributed by atoms with Crippen LogP contribution >= 0.6 is 35.6 Å². The van der Waals surface area contributed by atoms with Crippen LogP contribution in [0.25, 0.3) is 0 Å². The van der Waals surface area contributed by atoms with Crippen molar-refractivity contribution in [3.8, 4) is 0 Å². The van der Waals surface area contributed by atoms with Crippen LogP contribution in [-0.4, -0.2) is 51.4 Å². The SMILES string of the molecule is CCNC(=NCc1nnc2n1CCC2)NC1CCN(c2ncccc2Cl)C1.I. The van der Waals surface area contributed by atoms with Gasteiger partial charge < -0.3 is 20.1 Å². The molecular weight excluding hydrogens is 491 g/mol. The molecule has 1 saturated heterocycles. The van der Waals surface area contributed by atoms with Gasteiger partial charge in [0, 0.05) is 44.8 Å². The largest absolute Gasteiger partial charge is 0.357 e. The first-order chi connectivity index (χ1) is 13.2. The fraction of sp³-hybridized carbons (Fsp3) is 0.556. The second kappa shape index (κ2) is 9.73. The molecule has 0 amide bonds.